The van der Waals surface area contributed by atoms with Crippen LogP contribution in [0.4, 0.5) is 5.69 Å². The highest BCUT2D eigenvalue weighted by atomic mass is 32.2. The van der Waals surface area contributed by atoms with E-state index in [1.165, 1.54) is 36.0 Å². The Morgan fingerprint density at radius 1 is 1.05 bits per heavy atom. The molecule has 0 bridgehead atoms. The van der Waals surface area contributed by atoms with Gasteiger partial charge >= 0.3 is 0 Å². The fourth-order valence-electron chi connectivity index (χ4n) is 1.52. The minimum atomic E-state index is -0.479. The van der Waals surface area contributed by atoms with Crippen LogP contribution in [-0.4, -0.2) is 16.5 Å². The van der Waals surface area contributed by atoms with Crippen LogP contribution in [0.5, 0.6) is 0 Å². The average Bonchev–Trinajstić information content (AvgIpc) is 2.46. The van der Waals surface area contributed by atoms with E-state index in [1.807, 2.05) is 30.3 Å². The summed E-state index contributed by atoms with van der Waals surface area (Å²) in [7, 11) is 0. The Labute approximate surface area is 114 Å². The number of carbonyl (C=O) groups excluding carboxylic acids is 1. The highest BCUT2D eigenvalue weighted by molar-refractivity contribution is 8.00. The molecule has 0 N–H and O–H groups in total. The fraction of sp³-hybridized carbons (Fsp3) is 0.0714. The molecule has 0 spiro atoms. The molecule has 2 aromatic carbocycles. The van der Waals surface area contributed by atoms with Crippen molar-refractivity contribution in [3.8, 4) is 0 Å². The molecule has 0 aliphatic heterocycles. The Morgan fingerprint density at radius 2 is 1.68 bits per heavy atom. The van der Waals surface area contributed by atoms with Crippen molar-refractivity contribution in [2.75, 3.05) is 5.75 Å². The lowest BCUT2D eigenvalue weighted by atomic mass is 10.1. The number of benzene rings is 2. The van der Waals surface area contributed by atoms with Crippen molar-refractivity contribution in [3.05, 3.63) is 70.3 Å². The summed E-state index contributed by atoms with van der Waals surface area (Å²) < 4.78 is 0. The number of nitro groups is 1. The molecule has 0 unspecified atom stereocenters. The lowest BCUT2D eigenvalue weighted by Gasteiger charge is -2.01. The van der Waals surface area contributed by atoms with Crippen LogP contribution in [0.25, 0.3) is 0 Å². The molecule has 5 heteroatoms. The number of hydrogen-bond acceptors (Lipinski definition) is 4. The maximum Gasteiger partial charge on any atom is 0.269 e. The van der Waals surface area contributed by atoms with E-state index in [4.69, 9.17) is 0 Å². The van der Waals surface area contributed by atoms with Crippen molar-refractivity contribution < 1.29 is 9.72 Å². The second kappa shape index (κ2) is 6.15. The second-order valence-electron chi connectivity index (χ2n) is 3.83. The molecule has 0 fully saturated rings. The summed E-state index contributed by atoms with van der Waals surface area (Å²) in [6, 6.07) is 15.3. The molecule has 2 rings (SSSR count). The fourth-order valence-corrected chi connectivity index (χ4v) is 2.33. The first-order valence-corrected chi connectivity index (χ1v) is 6.61. The molecule has 4 nitrogen and oxygen atoms in total. The van der Waals surface area contributed by atoms with Gasteiger partial charge in [-0.1, -0.05) is 18.2 Å². The van der Waals surface area contributed by atoms with E-state index < -0.39 is 4.92 Å². The largest absolute Gasteiger partial charge is 0.293 e. The zero-order chi connectivity index (χ0) is 13.7. The number of hydrogen-bond donors (Lipinski definition) is 0. The molecule has 0 aliphatic carbocycles. The third-order valence-corrected chi connectivity index (χ3v) is 3.53. The average molecular weight is 273 g/mol. The first-order chi connectivity index (χ1) is 9.16. The summed E-state index contributed by atoms with van der Waals surface area (Å²) in [5.41, 5.74) is 0.487. The third-order valence-electron chi connectivity index (χ3n) is 2.51. The number of Topliss-reactive ketones (excluding diaryl/α,β-unsaturated/α-hetero) is 1. The molecule has 0 aromatic heterocycles. The Hall–Kier alpha value is -2.14. The Bertz CT molecular complexity index is 581. The summed E-state index contributed by atoms with van der Waals surface area (Å²) in [4.78, 5) is 23.0. The highest BCUT2D eigenvalue weighted by Gasteiger charge is 2.09. The Balaban J connectivity index is 1.98. The summed E-state index contributed by atoms with van der Waals surface area (Å²) in [5.74, 6) is 0.283. The number of non-ortho nitro benzene ring substituents is 1. The van der Waals surface area contributed by atoms with Crippen LogP contribution in [0.2, 0.25) is 0 Å². The van der Waals surface area contributed by atoms with E-state index in [0.717, 1.165) is 4.90 Å². The van der Waals surface area contributed by atoms with Crippen LogP contribution in [-0.2, 0) is 0 Å². The molecule has 2 aromatic rings. The zero-order valence-electron chi connectivity index (χ0n) is 9.98. The van der Waals surface area contributed by atoms with Crippen LogP contribution in [0, 0.1) is 10.1 Å². The van der Waals surface area contributed by atoms with E-state index >= 15 is 0 Å². The van der Waals surface area contributed by atoms with Gasteiger partial charge in [-0.2, -0.15) is 0 Å². The normalized spacial score (nSPS) is 10.1. The molecule has 0 atom stereocenters. The van der Waals surface area contributed by atoms with E-state index in [2.05, 4.69) is 0 Å². The Kier molecular flexibility index (Phi) is 4.30. The molecule has 0 aliphatic rings. The molecular weight excluding hydrogens is 262 g/mol. The number of ketones is 1. The van der Waals surface area contributed by atoms with Gasteiger partial charge in [-0.3, -0.25) is 14.9 Å². The maximum atomic E-state index is 11.9. The van der Waals surface area contributed by atoms with Gasteiger partial charge in [-0.05, 0) is 24.3 Å². The topological polar surface area (TPSA) is 60.2 Å². The molecule has 0 amide bonds. The number of rotatable bonds is 5. The number of nitro benzene ring substituents is 1. The molecule has 0 saturated carbocycles. The standard InChI is InChI=1S/C14H11NO3S/c16-14(10-19-13-4-2-1-3-5-13)11-6-8-12(9-7-11)15(17)18/h1-9H,10H2. The second-order valence-corrected chi connectivity index (χ2v) is 4.88. The van der Waals surface area contributed by atoms with E-state index in [9.17, 15) is 14.9 Å². The van der Waals surface area contributed by atoms with Crippen molar-refractivity contribution >= 4 is 23.2 Å². The molecule has 0 heterocycles. The first kappa shape index (κ1) is 13.3. The molecule has 19 heavy (non-hydrogen) atoms. The van der Waals surface area contributed by atoms with Crippen molar-refractivity contribution in [2.24, 2.45) is 0 Å². The zero-order valence-corrected chi connectivity index (χ0v) is 10.8. The van der Waals surface area contributed by atoms with E-state index in [0.29, 0.717) is 11.3 Å². The number of carbonyl (C=O) groups is 1. The van der Waals surface area contributed by atoms with Gasteiger partial charge in [-0.15, -0.1) is 11.8 Å². The quantitative estimate of drug-likeness (QED) is 0.361. The van der Waals surface area contributed by atoms with Gasteiger partial charge in [-0.25, -0.2) is 0 Å². The van der Waals surface area contributed by atoms with E-state index in [1.54, 1.807) is 0 Å². The predicted molar refractivity (Wildman–Crippen MR) is 74.6 cm³/mol. The van der Waals surface area contributed by atoms with Gasteiger partial charge in [0, 0.05) is 22.6 Å². The smallest absolute Gasteiger partial charge is 0.269 e. The molecule has 96 valence electrons. The van der Waals surface area contributed by atoms with Crippen LogP contribution in [0.3, 0.4) is 0 Å². The number of nitrogens with zero attached hydrogens (tertiary/aromatic N) is 1. The summed E-state index contributed by atoms with van der Waals surface area (Å²) in [5, 5.41) is 10.5. The van der Waals surface area contributed by atoms with Gasteiger partial charge in [0.1, 0.15) is 0 Å². The minimum Gasteiger partial charge on any atom is -0.293 e. The van der Waals surface area contributed by atoms with Gasteiger partial charge in [0.25, 0.3) is 5.69 Å². The van der Waals surface area contributed by atoms with Crippen LogP contribution in [0.15, 0.2) is 59.5 Å². The van der Waals surface area contributed by atoms with Crippen molar-refractivity contribution in [1.29, 1.82) is 0 Å². The summed E-state index contributed by atoms with van der Waals surface area (Å²) in [6.45, 7) is 0. The van der Waals surface area contributed by atoms with Gasteiger partial charge in [0.05, 0.1) is 10.7 Å². The monoisotopic (exact) mass is 273 g/mol. The molecule has 0 saturated heterocycles. The SMILES string of the molecule is O=C(CSc1ccccc1)c1ccc([N+](=O)[O-])cc1. The van der Waals surface area contributed by atoms with Gasteiger partial charge in [0.15, 0.2) is 5.78 Å². The van der Waals surface area contributed by atoms with Gasteiger partial charge in [0.2, 0.25) is 0 Å². The number of thioether (sulfide) groups is 1. The first-order valence-electron chi connectivity index (χ1n) is 5.62. The molecular formula is C14H11NO3S. The maximum absolute atomic E-state index is 11.9. The van der Waals surface area contributed by atoms with Crippen molar-refractivity contribution in [2.45, 2.75) is 4.90 Å². The lowest BCUT2D eigenvalue weighted by molar-refractivity contribution is -0.384. The summed E-state index contributed by atoms with van der Waals surface area (Å²) in [6.07, 6.45) is 0. The Morgan fingerprint density at radius 3 is 2.26 bits per heavy atom. The van der Waals surface area contributed by atoms with Gasteiger partial charge < -0.3 is 0 Å². The van der Waals surface area contributed by atoms with E-state index in [-0.39, 0.29) is 11.5 Å². The lowest BCUT2D eigenvalue weighted by Crippen LogP contribution is -2.02. The minimum absolute atomic E-state index is 0.00716. The molecule has 0 radical (unpaired) electrons. The van der Waals surface area contributed by atoms with Crippen LogP contribution < -0.4 is 0 Å². The van der Waals surface area contributed by atoms with Crippen molar-refractivity contribution in [1.82, 2.24) is 0 Å². The third kappa shape index (κ3) is 3.66. The highest BCUT2D eigenvalue weighted by Crippen LogP contribution is 2.19. The summed E-state index contributed by atoms with van der Waals surface area (Å²) >= 11 is 1.45. The van der Waals surface area contributed by atoms with Crippen LogP contribution in [0.1, 0.15) is 10.4 Å². The van der Waals surface area contributed by atoms with Crippen LogP contribution >= 0.6 is 11.8 Å². The van der Waals surface area contributed by atoms with Crippen molar-refractivity contribution in [3.63, 3.8) is 0 Å². The predicted octanol–water partition coefficient (Wildman–Crippen LogP) is 3.57.